The maximum Gasteiger partial charge on any atom is 0.271 e. The normalized spacial score (nSPS) is 13.3. The number of hydrazone groups is 1. The van der Waals surface area contributed by atoms with Gasteiger partial charge >= 0.3 is 0 Å². The first-order chi connectivity index (χ1) is 18.2. The van der Waals surface area contributed by atoms with Crippen LogP contribution in [0.5, 0.6) is 11.5 Å². The van der Waals surface area contributed by atoms with Gasteiger partial charge in [-0.1, -0.05) is 36.4 Å². The number of anilines is 1. The van der Waals surface area contributed by atoms with E-state index in [4.69, 9.17) is 9.47 Å². The molecule has 0 unspecified atom stereocenters. The summed E-state index contributed by atoms with van der Waals surface area (Å²) in [6.07, 6.45) is 4.05. The highest BCUT2D eigenvalue weighted by molar-refractivity contribution is 5.95. The Hall–Kier alpha value is -4.32. The van der Waals surface area contributed by atoms with E-state index in [-0.39, 0.29) is 5.91 Å². The van der Waals surface area contributed by atoms with Crippen LogP contribution in [0.1, 0.15) is 41.3 Å². The molecule has 37 heavy (non-hydrogen) atoms. The predicted octanol–water partition coefficient (Wildman–Crippen LogP) is 6.18. The summed E-state index contributed by atoms with van der Waals surface area (Å²) in [5.41, 5.74) is 6.22. The Balaban J connectivity index is 1.20. The first-order valence-corrected chi connectivity index (χ1v) is 12.8. The molecular weight excluding hydrogens is 462 g/mol. The Morgan fingerprint density at radius 3 is 2.46 bits per heavy atom. The molecule has 1 N–H and O–H groups in total. The zero-order valence-corrected chi connectivity index (χ0v) is 21.0. The fourth-order valence-corrected chi connectivity index (χ4v) is 4.51. The van der Waals surface area contributed by atoms with Crippen molar-refractivity contribution in [2.45, 2.75) is 26.4 Å². The number of nitrogens with one attached hydrogen (secondary N) is 1. The zero-order valence-electron chi connectivity index (χ0n) is 21.0. The van der Waals surface area contributed by atoms with Crippen LogP contribution in [0.2, 0.25) is 0 Å². The fourth-order valence-electron chi connectivity index (χ4n) is 4.51. The van der Waals surface area contributed by atoms with Crippen LogP contribution >= 0.6 is 0 Å². The van der Waals surface area contributed by atoms with E-state index in [1.54, 1.807) is 6.21 Å². The van der Waals surface area contributed by atoms with Crippen LogP contribution in [0.25, 0.3) is 10.8 Å². The van der Waals surface area contributed by atoms with Gasteiger partial charge < -0.3 is 14.4 Å². The number of hydrogen-bond donors (Lipinski definition) is 1. The summed E-state index contributed by atoms with van der Waals surface area (Å²) in [6, 6.07) is 27.9. The van der Waals surface area contributed by atoms with Gasteiger partial charge in [-0.3, -0.25) is 4.79 Å². The van der Waals surface area contributed by atoms with Crippen LogP contribution in [-0.4, -0.2) is 31.8 Å². The number of fused-ring (bicyclic) bond motifs is 1. The largest absolute Gasteiger partial charge is 0.490 e. The molecule has 0 aromatic heterocycles. The summed E-state index contributed by atoms with van der Waals surface area (Å²) in [7, 11) is 0. The van der Waals surface area contributed by atoms with E-state index in [1.165, 1.54) is 23.6 Å². The van der Waals surface area contributed by atoms with Crippen molar-refractivity contribution in [1.29, 1.82) is 0 Å². The average Bonchev–Trinajstić information content (AvgIpc) is 3.48. The quantitative estimate of drug-likeness (QED) is 0.223. The van der Waals surface area contributed by atoms with E-state index < -0.39 is 0 Å². The van der Waals surface area contributed by atoms with Gasteiger partial charge in [0.25, 0.3) is 5.91 Å². The third-order valence-electron chi connectivity index (χ3n) is 6.46. The third-order valence-corrected chi connectivity index (χ3v) is 6.46. The molecule has 1 amide bonds. The van der Waals surface area contributed by atoms with Gasteiger partial charge in [-0.25, -0.2) is 5.43 Å². The standard InChI is InChI=1S/C31H31N3O3/c1-2-36-30-20-23(10-16-29(30)37-22-24-9-11-25-7-3-4-8-27(25)19-24)21-32-33-31(35)26-12-14-28(15-13-26)34-17-5-6-18-34/h3-4,7-16,19-21H,2,5-6,17-18,22H2,1H3,(H,33,35)/b32-21-. The Morgan fingerprint density at radius 2 is 1.68 bits per heavy atom. The fraction of sp³-hybridized carbons (Fsp3) is 0.226. The highest BCUT2D eigenvalue weighted by Crippen LogP contribution is 2.29. The molecule has 1 fully saturated rings. The van der Waals surface area contributed by atoms with Crippen LogP contribution in [0.4, 0.5) is 5.69 Å². The Kier molecular flexibility index (Phi) is 7.65. The van der Waals surface area contributed by atoms with Crippen LogP contribution in [0, 0.1) is 0 Å². The van der Waals surface area contributed by atoms with Gasteiger partial charge in [-0.2, -0.15) is 5.10 Å². The molecule has 4 aromatic rings. The molecule has 1 aliphatic rings. The molecule has 0 radical (unpaired) electrons. The molecular formula is C31H31N3O3. The molecule has 5 rings (SSSR count). The summed E-state index contributed by atoms with van der Waals surface area (Å²) >= 11 is 0. The van der Waals surface area contributed by atoms with E-state index >= 15 is 0 Å². The van der Waals surface area contributed by atoms with Crippen molar-refractivity contribution < 1.29 is 14.3 Å². The van der Waals surface area contributed by atoms with E-state index in [2.05, 4.69) is 45.8 Å². The zero-order chi connectivity index (χ0) is 25.5. The molecule has 1 heterocycles. The van der Waals surface area contributed by atoms with Gasteiger partial charge in [0, 0.05) is 24.3 Å². The van der Waals surface area contributed by atoms with Gasteiger partial charge in [0.05, 0.1) is 12.8 Å². The predicted molar refractivity (Wildman–Crippen MR) is 149 cm³/mol. The number of amides is 1. The maximum absolute atomic E-state index is 12.5. The van der Waals surface area contributed by atoms with Crippen molar-refractivity contribution in [3.63, 3.8) is 0 Å². The maximum atomic E-state index is 12.5. The lowest BCUT2D eigenvalue weighted by atomic mass is 10.1. The van der Waals surface area contributed by atoms with Gasteiger partial charge in [-0.05, 0) is 90.2 Å². The lowest BCUT2D eigenvalue weighted by Crippen LogP contribution is -2.19. The first-order valence-electron chi connectivity index (χ1n) is 12.8. The summed E-state index contributed by atoms with van der Waals surface area (Å²) in [4.78, 5) is 14.8. The smallest absolute Gasteiger partial charge is 0.271 e. The van der Waals surface area contributed by atoms with Gasteiger partial charge in [0.1, 0.15) is 6.61 Å². The molecule has 6 nitrogen and oxygen atoms in total. The summed E-state index contributed by atoms with van der Waals surface area (Å²) in [6.45, 7) is 5.03. The van der Waals surface area contributed by atoms with E-state index in [1.807, 2.05) is 61.5 Å². The number of carbonyl (C=O) groups excluding carboxylic acids is 1. The molecule has 0 atom stereocenters. The molecule has 4 aromatic carbocycles. The van der Waals surface area contributed by atoms with Crippen molar-refractivity contribution >= 4 is 28.6 Å². The Morgan fingerprint density at radius 1 is 0.892 bits per heavy atom. The molecule has 0 aliphatic carbocycles. The highest BCUT2D eigenvalue weighted by atomic mass is 16.5. The molecule has 188 valence electrons. The topological polar surface area (TPSA) is 63.2 Å². The van der Waals surface area contributed by atoms with Crippen LogP contribution < -0.4 is 19.8 Å². The number of ether oxygens (including phenoxy) is 2. The SMILES string of the molecule is CCOc1cc(/C=N\NC(=O)c2ccc(N3CCCC3)cc2)ccc1OCc1ccc2ccccc2c1. The monoisotopic (exact) mass is 493 g/mol. The molecule has 1 saturated heterocycles. The first kappa shape index (κ1) is 24.4. The summed E-state index contributed by atoms with van der Waals surface area (Å²) < 4.78 is 11.9. The van der Waals surface area contributed by atoms with E-state index in [0.717, 1.165) is 29.9 Å². The molecule has 0 spiro atoms. The third kappa shape index (κ3) is 6.09. The van der Waals surface area contributed by atoms with E-state index in [9.17, 15) is 4.79 Å². The number of hydrogen-bond acceptors (Lipinski definition) is 5. The minimum absolute atomic E-state index is 0.246. The van der Waals surface area contributed by atoms with Crippen molar-refractivity contribution in [3.8, 4) is 11.5 Å². The molecule has 6 heteroatoms. The number of nitrogens with zero attached hydrogens (tertiary/aromatic N) is 2. The van der Waals surface area contributed by atoms with Crippen molar-refractivity contribution in [2.75, 3.05) is 24.6 Å². The molecule has 1 aliphatic heterocycles. The second-order valence-electron chi connectivity index (χ2n) is 9.05. The second-order valence-corrected chi connectivity index (χ2v) is 9.05. The number of carbonyl (C=O) groups is 1. The second kappa shape index (κ2) is 11.6. The number of rotatable bonds is 9. The van der Waals surface area contributed by atoms with Gasteiger partial charge in [-0.15, -0.1) is 0 Å². The van der Waals surface area contributed by atoms with Crippen molar-refractivity contribution in [3.05, 3.63) is 102 Å². The lowest BCUT2D eigenvalue weighted by Gasteiger charge is -2.17. The number of benzene rings is 4. The van der Waals surface area contributed by atoms with Crippen LogP contribution in [0.3, 0.4) is 0 Å². The summed E-state index contributed by atoms with van der Waals surface area (Å²) in [5.74, 6) is 1.05. The van der Waals surface area contributed by atoms with E-state index in [0.29, 0.717) is 30.3 Å². The lowest BCUT2D eigenvalue weighted by molar-refractivity contribution is 0.0955. The molecule has 0 saturated carbocycles. The Bertz CT molecular complexity index is 1390. The summed E-state index contributed by atoms with van der Waals surface area (Å²) in [5, 5.41) is 6.53. The highest BCUT2D eigenvalue weighted by Gasteiger charge is 2.13. The minimum atomic E-state index is -0.246. The van der Waals surface area contributed by atoms with Crippen LogP contribution in [-0.2, 0) is 6.61 Å². The van der Waals surface area contributed by atoms with Gasteiger partial charge in [0.15, 0.2) is 11.5 Å². The van der Waals surface area contributed by atoms with Crippen molar-refractivity contribution in [1.82, 2.24) is 5.43 Å². The van der Waals surface area contributed by atoms with Crippen molar-refractivity contribution in [2.24, 2.45) is 5.10 Å². The Labute approximate surface area is 217 Å². The minimum Gasteiger partial charge on any atom is -0.490 e. The average molecular weight is 494 g/mol. The van der Waals surface area contributed by atoms with Gasteiger partial charge in [0.2, 0.25) is 0 Å². The molecule has 0 bridgehead atoms. The van der Waals surface area contributed by atoms with Crippen LogP contribution in [0.15, 0.2) is 90.0 Å².